The average molecular weight is 441 g/mol. The van der Waals surface area contributed by atoms with Crippen molar-refractivity contribution in [3.63, 3.8) is 0 Å². The van der Waals surface area contributed by atoms with Crippen LogP contribution in [0.2, 0.25) is 0 Å². The van der Waals surface area contributed by atoms with Crippen molar-refractivity contribution < 1.29 is 5.11 Å². The molecule has 1 N–H and O–H groups in total. The Hall–Kier alpha value is -3.31. The molecule has 0 unspecified atom stereocenters. The van der Waals surface area contributed by atoms with Crippen molar-refractivity contribution in [2.45, 2.75) is 19.9 Å². The van der Waals surface area contributed by atoms with Gasteiger partial charge in [-0.3, -0.25) is 9.91 Å². The number of hydrogen-bond acceptors (Lipinski definition) is 5. The Morgan fingerprint density at radius 3 is 2.06 bits per heavy atom. The molecule has 1 saturated heterocycles. The van der Waals surface area contributed by atoms with Crippen LogP contribution in [-0.4, -0.2) is 60.5 Å². The standard InChI is InChI=1S/C28H32N4O/c1-3-30(4-2)22-14-13-21(27(33)19-22)20-29-32-17-15-31(16-18-32)28-25-11-7-5-9-23(25)24-10-6-8-12-26(24)28/h5-14,19-20,28,33H,3-4,15-18H2,1-2H3/b29-20+. The van der Waals surface area contributed by atoms with Crippen molar-refractivity contribution in [3.05, 3.63) is 83.4 Å². The highest BCUT2D eigenvalue weighted by molar-refractivity contribution is 5.84. The highest BCUT2D eigenvalue weighted by atomic mass is 16.3. The van der Waals surface area contributed by atoms with Gasteiger partial charge in [0, 0.05) is 56.6 Å². The van der Waals surface area contributed by atoms with Crippen LogP contribution >= 0.6 is 0 Å². The lowest BCUT2D eigenvalue weighted by Gasteiger charge is -2.37. The van der Waals surface area contributed by atoms with E-state index in [4.69, 9.17) is 0 Å². The predicted molar refractivity (Wildman–Crippen MR) is 136 cm³/mol. The average Bonchev–Trinajstić information content (AvgIpc) is 3.19. The summed E-state index contributed by atoms with van der Waals surface area (Å²) in [7, 11) is 0. The number of piperazine rings is 1. The molecule has 33 heavy (non-hydrogen) atoms. The molecule has 1 aliphatic carbocycles. The van der Waals surface area contributed by atoms with Gasteiger partial charge in [0.1, 0.15) is 5.75 Å². The first-order chi connectivity index (χ1) is 16.2. The second kappa shape index (κ2) is 9.28. The fourth-order valence-electron chi connectivity index (χ4n) is 5.18. The molecule has 0 spiro atoms. The van der Waals surface area contributed by atoms with E-state index in [-0.39, 0.29) is 5.75 Å². The summed E-state index contributed by atoms with van der Waals surface area (Å²) in [6.45, 7) is 9.74. The lowest BCUT2D eigenvalue weighted by atomic mass is 10.0. The molecule has 3 aromatic rings. The van der Waals surface area contributed by atoms with Gasteiger partial charge in [-0.1, -0.05) is 48.5 Å². The summed E-state index contributed by atoms with van der Waals surface area (Å²) in [5.41, 5.74) is 7.35. The number of hydrazone groups is 1. The Labute approximate surface area is 196 Å². The lowest BCUT2D eigenvalue weighted by Crippen LogP contribution is -2.45. The van der Waals surface area contributed by atoms with Crippen LogP contribution in [0.1, 0.15) is 36.6 Å². The Balaban J connectivity index is 1.26. The van der Waals surface area contributed by atoms with Crippen molar-refractivity contribution in [3.8, 4) is 16.9 Å². The maximum Gasteiger partial charge on any atom is 0.126 e. The molecule has 0 radical (unpaired) electrons. The van der Waals surface area contributed by atoms with Crippen LogP contribution in [0.15, 0.2) is 71.8 Å². The van der Waals surface area contributed by atoms with Gasteiger partial charge in [0.05, 0.1) is 12.3 Å². The minimum Gasteiger partial charge on any atom is -0.507 e. The van der Waals surface area contributed by atoms with Crippen LogP contribution in [0.25, 0.3) is 11.1 Å². The number of hydrogen-bond donors (Lipinski definition) is 1. The van der Waals surface area contributed by atoms with E-state index in [1.165, 1.54) is 22.3 Å². The lowest BCUT2D eigenvalue weighted by molar-refractivity contribution is 0.114. The maximum atomic E-state index is 10.5. The van der Waals surface area contributed by atoms with Crippen molar-refractivity contribution in [2.75, 3.05) is 44.2 Å². The largest absolute Gasteiger partial charge is 0.507 e. The monoisotopic (exact) mass is 440 g/mol. The summed E-state index contributed by atoms with van der Waals surface area (Å²) in [5.74, 6) is 0.279. The summed E-state index contributed by atoms with van der Waals surface area (Å²) in [5, 5.41) is 17.3. The zero-order valence-corrected chi connectivity index (χ0v) is 19.5. The molecule has 5 rings (SSSR count). The van der Waals surface area contributed by atoms with Gasteiger partial charge in [-0.2, -0.15) is 5.10 Å². The van der Waals surface area contributed by atoms with Crippen LogP contribution in [0.4, 0.5) is 5.69 Å². The van der Waals surface area contributed by atoms with Gasteiger partial charge in [0.15, 0.2) is 0 Å². The van der Waals surface area contributed by atoms with E-state index in [2.05, 4.69) is 88.4 Å². The van der Waals surface area contributed by atoms with Crippen LogP contribution in [-0.2, 0) is 0 Å². The van der Waals surface area contributed by atoms with Crippen LogP contribution < -0.4 is 4.90 Å². The first kappa shape index (κ1) is 21.5. The highest BCUT2D eigenvalue weighted by Gasteiger charge is 2.33. The number of aromatic hydroxyl groups is 1. The van der Waals surface area contributed by atoms with Crippen LogP contribution in [0, 0.1) is 0 Å². The molecule has 1 fully saturated rings. The zero-order valence-electron chi connectivity index (χ0n) is 19.5. The number of benzene rings is 3. The van der Waals surface area contributed by atoms with Gasteiger partial charge in [-0.15, -0.1) is 0 Å². The second-order valence-corrected chi connectivity index (χ2v) is 8.73. The van der Waals surface area contributed by atoms with Crippen LogP contribution in [0.3, 0.4) is 0 Å². The van der Waals surface area contributed by atoms with E-state index in [1.807, 2.05) is 12.1 Å². The molecule has 2 aliphatic rings. The Bertz CT molecular complexity index is 1100. The summed E-state index contributed by atoms with van der Waals surface area (Å²) in [4.78, 5) is 4.80. The van der Waals surface area contributed by atoms with Gasteiger partial charge >= 0.3 is 0 Å². The minimum absolute atomic E-state index is 0.279. The van der Waals surface area contributed by atoms with E-state index in [0.29, 0.717) is 6.04 Å². The Morgan fingerprint density at radius 2 is 1.48 bits per heavy atom. The third kappa shape index (κ3) is 4.09. The molecular formula is C28H32N4O. The van der Waals surface area contributed by atoms with Gasteiger partial charge in [-0.25, -0.2) is 0 Å². The van der Waals surface area contributed by atoms with E-state index in [0.717, 1.165) is 50.5 Å². The molecule has 1 aliphatic heterocycles. The van der Waals surface area contributed by atoms with Gasteiger partial charge in [0.25, 0.3) is 0 Å². The summed E-state index contributed by atoms with van der Waals surface area (Å²) >= 11 is 0. The van der Waals surface area contributed by atoms with E-state index < -0.39 is 0 Å². The fourth-order valence-corrected chi connectivity index (χ4v) is 5.18. The van der Waals surface area contributed by atoms with Crippen molar-refractivity contribution in [1.82, 2.24) is 9.91 Å². The third-order valence-electron chi connectivity index (χ3n) is 6.96. The number of phenolic OH excluding ortho intramolecular Hbond substituents is 1. The van der Waals surface area contributed by atoms with Crippen molar-refractivity contribution in [2.24, 2.45) is 5.10 Å². The molecule has 3 aromatic carbocycles. The number of rotatable bonds is 6. The highest BCUT2D eigenvalue weighted by Crippen LogP contribution is 2.46. The normalized spacial score (nSPS) is 16.2. The maximum absolute atomic E-state index is 10.5. The van der Waals surface area contributed by atoms with E-state index in [9.17, 15) is 5.11 Å². The summed E-state index contributed by atoms with van der Waals surface area (Å²) < 4.78 is 0. The first-order valence-corrected chi connectivity index (χ1v) is 12.0. The van der Waals surface area contributed by atoms with Crippen LogP contribution in [0.5, 0.6) is 5.75 Å². The SMILES string of the molecule is CCN(CC)c1ccc(/C=N/N2CCN(C3c4ccccc4-c4ccccc43)CC2)c(O)c1. The molecule has 170 valence electrons. The summed E-state index contributed by atoms with van der Waals surface area (Å²) in [6.07, 6.45) is 1.79. The Morgan fingerprint density at radius 1 is 0.879 bits per heavy atom. The fraction of sp³-hybridized carbons (Fsp3) is 0.321. The molecule has 0 saturated carbocycles. The Kier molecular flexibility index (Phi) is 6.05. The molecule has 1 heterocycles. The van der Waals surface area contributed by atoms with Gasteiger partial charge in [-0.05, 0) is 48.2 Å². The first-order valence-electron chi connectivity index (χ1n) is 12.0. The minimum atomic E-state index is 0.279. The number of nitrogens with zero attached hydrogens (tertiary/aromatic N) is 4. The smallest absolute Gasteiger partial charge is 0.126 e. The molecule has 5 heteroatoms. The molecule has 5 nitrogen and oxygen atoms in total. The number of phenols is 1. The van der Waals surface area contributed by atoms with Crippen molar-refractivity contribution >= 4 is 11.9 Å². The third-order valence-corrected chi connectivity index (χ3v) is 6.96. The van der Waals surface area contributed by atoms with E-state index >= 15 is 0 Å². The van der Waals surface area contributed by atoms with E-state index in [1.54, 1.807) is 6.21 Å². The summed E-state index contributed by atoms with van der Waals surface area (Å²) in [6, 6.07) is 23.8. The second-order valence-electron chi connectivity index (χ2n) is 8.73. The topological polar surface area (TPSA) is 42.3 Å². The molecule has 0 amide bonds. The van der Waals surface area contributed by atoms with Gasteiger partial charge in [0.2, 0.25) is 0 Å². The predicted octanol–water partition coefficient (Wildman–Crippen LogP) is 4.96. The molecule has 0 aromatic heterocycles. The van der Waals surface area contributed by atoms with Crippen molar-refractivity contribution in [1.29, 1.82) is 0 Å². The molecule has 0 bridgehead atoms. The molecule has 0 atom stereocenters. The zero-order chi connectivity index (χ0) is 22.8. The quantitative estimate of drug-likeness (QED) is 0.550. The number of anilines is 1. The number of fused-ring (bicyclic) bond motifs is 3. The molecular weight excluding hydrogens is 408 g/mol. The van der Waals surface area contributed by atoms with Gasteiger partial charge < -0.3 is 10.0 Å².